The highest BCUT2D eigenvalue weighted by Gasteiger charge is 2.31. The van der Waals surface area contributed by atoms with Crippen molar-refractivity contribution in [2.45, 2.75) is 25.3 Å². The highest BCUT2D eigenvalue weighted by molar-refractivity contribution is 5.30. The molecule has 17 heavy (non-hydrogen) atoms. The maximum absolute atomic E-state index is 12.1. The standard InChI is InChI=1S/C10H10F5NO/c11-9(12)5-8(16)6-2-1-3-7(4-6)17-10(13,14)15/h1-4,8-9H,5,16H2/t8-/m0/s1. The normalized spacial score (nSPS) is 13.8. The lowest BCUT2D eigenvalue weighted by Gasteiger charge is -2.14. The molecule has 1 aromatic rings. The van der Waals surface area contributed by atoms with Crippen LogP contribution in [-0.2, 0) is 0 Å². The zero-order valence-corrected chi connectivity index (χ0v) is 8.55. The first-order valence-electron chi connectivity index (χ1n) is 4.67. The van der Waals surface area contributed by atoms with Gasteiger partial charge < -0.3 is 10.5 Å². The van der Waals surface area contributed by atoms with E-state index < -0.39 is 31.0 Å². The Hall–Kier alpha value is -1.37. The molecule has 0 aliphatic heterocycles. The van der Waals surface area contributed by atoms with Gasteiger partial charge in [-0.3, -0.25) is 0 Å². The smallest absolute Gasteiger partial charge is 0.406 e. The molecule has 0 aliphatic rings. The van der Waals surface area contributed by atoms with Crippen LogP contribution in [0.15, 0.2) is 24.3 Å². The van der Waals surface area contributed by atoms with Gasteiger partial charge in [0.2, 0.25) is 6.43 Å². The van der Waals surface area contributed by atoms with Crippen LogP contribution in [0.3, 0.4) is 0 Å². The zero-order chi connectivity index (χ0) is 13.1. The van der Waals surface area contributed by atoms with Gasteiger partial charge in [-0.2, -0.15) is 0 Å². The predicted octanol–water partition coefficient (Wildman–Crippen LogP) is 3.24. The van der Waals surface area contributed by atoms with Gasteiger partial charge in [-0.25, -0.2) is 8.78 Å². The minimum absolute atomic E-state index is 0.173. The highest BCUT2D eigenvalue weighted by atomic mass is 19.4. The summed E-state index contributed by atoms with van der Waals surface area (Å²) in [5.41, 5.74) is 5.58. The van der Waals surface area contributed by atoms with Gasteiger partial charge in [0.15, 0.2) is 0 Å². The fourth-order valence-corrected chi connectivity index (χ4v) is 1.27. The summed E-state index contributed by atoms with van der Waals surface area (Å²) in [7, 11) is 0. The molecule has 0 aromatic heterocycles. The Balaban J connectivity index is 2.78. The zero-order valence-electron chi connectivity index (χ0n) is 8.55. The SMILES string of the molecule is N[C@@H](CC(F)F)c1cccc(OC(F)(F)F)c1. The first kappa shape index (κ1) is 13.7. The summed E-state index contributed by atoms with van der Waals surface area (Å²) >= 11 is 0. The van der Waals surface area contributed by atoms with Gasteiger partial charge in [-0.1, -0.05) is 12.1 Å². The van der Waals surface area contributed by atoms with Gasteiger partial charge in [0, 0.05) is 12.5 Å². The lowest BCUT2D eigenvalue weighted by atomic mass is 10.0. The summed E-state index contributed by atoms with van der Waals surface area (Å²) < 4.78 is 63.5. The highest BCUT2D eigenvalue weighted by Crippen LogP contribution is 2.26. The lowest BCUT2D eigenvalue weighted by molar-refractivity contribution is -0.274. The van der Waals surface area contributed by atoms with Crippen molar-refractivity contribution in [3.8, 4) is 5.75 Å². The first-order valence-corrected chi connectivity index (χ1v) is 4.67. The maximum atomic E-state index is 12.1. The second-order valence-electron chi connectivity index (χ2n) is 3.35. The van der Waals surface area contributed by atoms with Crippen molar-refractivity contribution in [3.63, 3.8) is 0 Å². The third kappa shape index (κ3) is 4.99. The summed E-state index contributed by atoms with van der Waals surface area (Å²) in [6.07, 6.45) is -8.04. The van der Waals surface area contributed by atoms with Gasteiger partial charge in [-0.15, -0.1) is 13.2 Å². The van der Waals surface area contributed by atoms with Gasteiger partial charge in [0.25, 0.3) is 0 Å². The molecule has 1 atom stereocenters. The Morgan fingerprint density at radius 2 is 1.88 bits per heavy atom. The lowest BCUT2D eigenvalue weighted by Crippen LogP contribution is -2.18. The van der Waals surface area contributed by atoms with Crippen molar-refractivity contribution in [2.75, 3.05) is 0 Å². The molecule has 0 bridgehead atoms. The summed E-state index contributed by atoms with van der Waals surface area (Å²) in [6.45, 7) is 0. The minimum atomic E-state index is -4.81. The molecule has 96 valence electrons. The molecule has 1 rings (SSSR count). The molecule has 0 aliphatic carbocycles. The Labute approximate surface area is 94.2 Å². The van der Waals surface area contributed by atoms with E-state index in [1.165, 1.54) is 12.1 Å². The molecule has 1 aromatic carbocycles. The molecule has 0 fully saturated rings. The van der Waals surface area contributed by atoms with Crippen molar-refractivity contribution in [1.82, 2.24) is 0 Å². The number of halogens is 5. The van der Waals surface area contributed by atoms with Crippen molar-refractivity contribution >= 4 is 0 Å². The average molecular weight is 255 g/mol. The molecule has 0 saturated carbocycles. The van der Waals surface area contributed by atoms with Crippen LogP contribution in [0.1, 0.15) is 18.0 Å². The van der Waals surface area contributed by atoms with E-state index in [2.05, 4.69) is 4.74 Å². The van der Waals surface area contributed by atoms with E-state index in [9.17, 15) is 22.0 Å². The number of hydrogen-bond acceptors (Lipinski definition) is 2. The van der Waals surface area contributed by atoms with Crippen LogP contribution in [0, 0.1) is 0 Å². The fraction of sp³-hybridized carbons (Fsp3) is 0.400. The van der Waals surface area contributed by atoms with Crippen LogP contribution in [0.2, 0.25) is 0 Å². The summed E-state index contributed by atoms with van der Waals surface area (Å²) in [4.78, 5) is 0. The number of hydrogen-bond donors (Lipinski definition) is 1. The van der Waals surface area contributed by atoms with E-state index in [4.69, 9.17) is 5.73 Å². The van der Waals surface area contributed by atoms with Gasteiger partial charge in [0.05, 0.1) is 0 Å². The average Bonchev–Trinajstić information content (AvgIpc) is 2.14. The molecule has 0 unspecified atom stereocenters. The van der Waals surface area contributed by atoms with Crippen LogP contribution in [-0.4, -0.2) is 12.8 Å². The molecular formula is C10H10F5NO. The number of rotatable bonds is 4. The molecule has 0 saturated heterocycles. The predicted molar refractivity (Wildman–Crippen MR) is 50.7 cm³/mol. The van der Waals surface area contributed by atoms with E-state index in [1.807, 2.05) is 0 Å². The van der Waals surface area contributed by atoms with Crippen molar-refractivity contribution < 1.29 is 26.7 Å². The second-order valence-corrected chi connectivity index (χ2v) is 3.35. The number of ether oxygens (including phenoxy) is 1. The topological polar surface area (TPSA) is 35.2 Å². The number of alkyl halides is 5. The van der Waals surface area contributed by atoms with E-state index in [1.54, 1.807) is 0 Å². The third-order valence-corrected chi connectivity index (χ3v) is 1.95. The molecule has 7 heteroatoms. The third-order valence-electron chi connectivity index (χ3n) is 1.95. The van der Waals surface area contributed by atoms with E-state index in [-0.39, 0.29) is 5.56 Å². The van der Waals surface area contributed by atoms with Crippen LogP contribution < -0.4 is 10.5 Å². The van der Waals surface area contributed by atoms with E-state index in [0.29, 0.717) is 0 Å². The van der Waals surface area contributed by atoms with Crippen LogP contribution in [0.5, 0.6) is 5.75 Å². The number of nitrogens with two attached hydrogens (primary N) is 1. The van der Waals surface area contributed by atoms with Gasteiger partial charge in [0.1, 0.15) is 5.75 Å². The fourth-order valence-electron chi connectivity index (χ4n) is 1.27. The molecule has 2 nitrogen and oxygen atoms in total. The van der Waals surface area contributed by atoms with Gasteiger partial charge in [-0.05, 0) is 17.7 Å². The number of benzene rings is 1. The summed E-state index contributed by atoms with van der Waals surface area (Å²) in [5, 5.41) is 0. The molecule has 2 N–H and O–H groups in total. The van der Waals surface area contributed by atoms with Crippen molar-refractivity contribution in [3.05, 3.63) is 29.8 Å². The van der Waals surface area contributed by atoms with E-state index >= 15 is 0 Å². The largest absolute Gasteiger partial charge is 0.573 e. The van der Waals surface area contributed by atoms with Crippen LogP contribution in [0.25, 0.3) is 0 Å². The Bertz CT molecular complexity index is 366. The second kappa shape index (κ2) is 5.31. The quantitative estimate of drug-likeness (QED) is 0.838. The van der Waals surface area contributed by atoms with Crippen LogP contribution in [0.4, 0.5) is 22.0 Å². The molecule has 0 heterocycles. The van der Waals surface area contributed by atoms with Crippen molar-refractivity contribution in [1.29, 1.82) is 0 Å². The molecule has 0 amide bonds. The Kier molecular flexibility index (Phi) is 4.28. The summed E-state index contributed by atoms with van der Waals surface area (Å²) in [6, 6.07) is 3.69. The summed E-state index contributed by atoms with van der Waals surface area (Å²) in [5.74, 6) is -0.472. The molecular weight excluding hydrogens is 245 g/mol. The molecule has 0 spiro atoms. The van der Waals surface area contributed by atoms with Crippen molar-refractivity contribution in [2.24, 2.45) is 5.73 Å². The Morgan fingerprint density at radius 3 is 2.41 bits per heavy atom. The monoisotopic (exact) mass is 255 g/mol. The maximum Gasteiger partial charge on any atom is 0.573 e. The van der Waals surface area contributed by atoms with E-state index in [0.717, 1.165) is 12.1 Å². The molecule has 0 radical (unpaired) electrons. The minimum Gasteiger partial charge on any atom is -0.406 e. The van der Waals surface area contributed by atoms with Gasteiger partial charge >= 0.3 is 6.36 Å². The Morgan fingerprint density at radius 1 is 1.24 bits per heavy atom. The van der Waals surface area contributed by atoms with Crippen LogP contribution >= 0.6 is 0 Å². The first-order chi connectivity index (χ1) is 7.78.